The number of hydrazine groups is 2. The standard InChI is InChI=1S/C25H27N7/c1-31-24(15-28-30-31)22-12-20-21-11-19(13-27-25(21)29-23(20)14-26-22)18-7-5-17(6-8-18)16-32-9-3-2-4-10-32/h5-8,11-15,28,30H,2-4,9-10,16H2,1H3,(H,27,29). The summed E-state index contributed by atoms with van der Waals surface area (Å²) in [7, 11) is 1.96. The summed E-state index contributed by atoms with van der Waals surface area (Å²) in [5, 5.41) is 4.15. The molecule has 1 fully saturated rings. The van der Waals surface area contributed by atoms with Crippen molar-refractivity contribution in [1.82, 2.24) is 35.8 Å². The van der Waals surface area contributed by atoms with Crippen molar-refractivity contribution in [2.45, 2.75) is 25.8 Å². The van der Waals surface area contributed by atoms with Crippen LogP contribution in [0, 0.1) is 0 Å². The van der Waals surface area contributed by atoms with Gasteiger partial charge in [0.15, 0.2) is 0 Å². The molecule has 3 aromatic heterocycles. The zero-order valence-electron chi connectivity index (χ0n) is 18.2. The predicted molar refractivity (Wildman–Crippen MR) is 128 cm³/mol. The minimum atomic E-state index is 0.884. The molecule has 0 spiro atoms. The number of aromatic nitrogens is 3. The third-order valence-corrected chi connectivity index (χ3v) is 6.54. The maximum absolute atomic E-state index is 4.71. The Balaban J connectivity index is 1.32. The quantitative estimate of drug-likeness (QED) is 0.459. The van der Waals surface area contributed by atoms with Crippen LogP contribution in [0.15, 0.2) is 55.0 Å². The Labute approximate surface area is 187 Å². The fraction of sp³-hybridized carbons (Fsp3) is 0.280. The van der Waals surface area contributed by atoms with Crippen molar-refractivity contribution < 1.29 is 0 Å². The number of nitrogens with zero attached hydrogens (tertiary/aromatic N) is 4. The van der Waals surface area contributed by atoms with Crippen molar-refractivity contribution >= 4 is 27.6 Å². The van der Waals surface area contributed by atoms with Gasteiger partial charge in [0.25, 0.3) is 0 Å². The van der Waals surface area contributed by atoms with Gasteiger partial charge in [0.1, 0.15) is 5.65 Å². The van der Waals surface area contributed by atoms with Gasteiger partial charge in [0.05, 0.1) is 23.1 Å². The molecule has 2 aliphatic heterocycles. The number of piperidine rings is 1. The normalized spacial score (nSPS) is 17.2. The molecule has 7 nitrogen and oxygen atoms in total. The zero-order valence-corrected chi connectivity index (χ0v) is 18.2. The van der Waals surface area contributed by atoms with Crippen molar-refractivity contribution in [2.75, 3.05) is 20.1 Å². The van der Waals surface area contributed by atoms with E-state index < -0.39 is 0 Å². The van der Waals surface area contributed by atoms with Gasteiger partial charge in [-0.1, -0.05) is 30.7 Å². The van der Waals surface area contributed by atoms with Gasteiger partial charge in [0, 0.05) is 42.3 Å². The van der Waals surface area contributed by atoms with Gasteiger partial charge in [-0.15, -0.1) is 5.53 Å². The number of nitrogens with one attached hydrogen (secondary N) is 3. The minimum absolute atomic E-state index is 0.884. The molecule has 162 valence electrons. The number of pyridine rings is 2. The van der Waals surface area contributed by atoms with Gasteiger partial charge >= 0.3 is 0 Å². The predicted octanol–water partition coefficient (Wildman–Crippen LogP) is 4.02. The second-order valence-corrected chi connectivity index (χ2v) is 8.74. The Morgan fingerprint density at radius 1 is 0.906 bits per heavy atom. The largest absolute Gasteiger partial charge is 0.338 e. The topological polar surface area (TPSA) is 72.1 Å². The number of aromatic amines is 1. The van der Waals surface area contributed by atoms with Crippen molar-refractivity contribution in [3.8, 4) is 11.1 Å². The number of likely N-dealkylation sites (tertiary alicyclic amines) is 1. The van der Waals surface area contributed by atoms with Crippen LogP contribution < -0.4 is 11.0 Å². The van der Waals surface area contributed by atoms with Crippen molar-refractivity contribution in [3.63, 3.8) is 0 Å². The van der Waals surface area contributed by atoms with Gasteiger partial charge in [-0.05, 0) is 49.2 Å². The molecule has 0 radical (unpaired) electrons. The number of hydrogen-bond acceptors (Lipinski definition) is 6. The summed E-state index contributed by atoms with van der Waals surface area (Å²) in [4.78, 5) is 15.3. The van der Waals surface area contributed by atoms with Crippen molar-refractivity contribution in [3.05, 3.63) is 66.2 Å². The van der Waals surface area contributed by atoms with E-state index in [1.54, 1.807) is 0 Å². The Morgan fingerprint density at radius 3 is 2.53 bits per heavy atom. The first-order valence-corrected chi connectivity index (χ1v) is 11.3. The van der Waals surface area contributed by atoms with Crippen LogP contribution in [0.5, 0.6) is 0 Å². The molecule has 1 saturated heterocycles. The Kier molecular flexibility index (Phi) is 4.78. The maximum Gasteiger partial charge on any atom is 0.138 e. The molecule has 0 unspecified atom stereocenters. The Bertz CT molecular complexity index is 1300. The summed E-state index contributed by atoms with van der Waals surface area (Å²) < 4.78 is 0. The van der Waals surface area contributed by atoms with E-state index in [1.807, 2.05) is 30.7 Å². The first kappa shape index (κ1) is 19.3. The average Bonchev–Trinajstić information content (AvgIpc) is 3.42. The number of benzene rings is 1. The van der Waals surface area contributed by atoms with E-state index in [-0.39, 0.29) is 0 Å². The number of rotatable bonds is 4. The summed E-state index contributed by atoms with van der Waals surface area (Å²) in [6.45, 7) is 3.49. The Hall–Kier alpha value is -3.42. The molecule has 0 saturated carbocycles. The molecule has 4 aromatic rings. The molecule has 1 aromatic carbocycles. The average molecular weight is 426 g/mol. The van der Waals surface area contributed by atoms with E-state index in [0.29, 0.717) is 0 Å². The van der Waals surface area contributed by atoms with E-state index in [9.17, 15) is 0 Å². The fourth-order valence-electron chi connectivity index (χ4n) is 4.75. The monoisotopic (exact) mass is 425 g/mol. The summed E-state index contributed by atoms with van der Waals surface area (Å²) in [5.41, 5.74) is 13.5. The molecule has 6 rings (SSSR count). The SMILES string of the molecule is CN1NNC=C1c1cc2c(cn1)[nH]c1ncc(-c3ccc(CN4CCCCC4)cc3)cc12. The summed E-state index contributed by atoms with van der Waals surface area (Å²) in [6, 6.07) is 13.3. The lowest BCUT2D eigenvalue weighted by atomic mass is 10.0. The first-order chi connectivity index (χ1) is 15.7. The van der Waals surface area contributed by atoms with Crippen molar-refractivity contribution in [2.24, 2.45) is 0 Å². The van der Waals surface area contributed by atoms with E-state index >= 15 is 0 Å². The second-order valence-electron chi connectivity index (χ2n) is 8.74. The molecule has 7 heteroatoms. The van der Waals surface area contributed by atoms with Crippen LogP contribution in [0.2, 0.25) is 0 Å². The van der Waals surface area contributed by atoms with Crippen LogP contribution in [0.3, 0.4) is 0 Å². The molecular weight excluding hydrogens is 398 g/mol. The van der Waals surface area contributed by atoms with E-state index in [1.165, 1.54) is 43.5 Å². The fourth-order valence-corrected chi connectivity index (χ4v) is 4.75. The number of fused-ring (bicyclic) bond motifs is 3. The van der Waals surface area contributed by atoms with Crippen LogP contribution >= 0.6 is 0 Å². The molecular formula is C25H27N7. The zero-order chi connectivity index (χ0) is 21.5. The summed E-state index contributed by atoms with van der Waals surface area (Å²) in [6.07, 6.45) is 9.77. The Morgan fingerprint density at radius 2 is 1.75 bits per heavy atom. The number of H-pyrrole nitrogens is 1. The van der Waals surface area contributed by atoms with Gasteiger partial charge in [-0.3, -0.25) is 14.9 Å². The summed E-state index contributed by atoms with van der Waals surface area (Å²) in [5.74, 6) is 0. The molecule has 3 N–H and O–H groups in total. The first-order valence-electron chi connectivity index (χ1n) is 11.3. The highest BCUT2D eigenvalue weighted by atomic mass is 15.7. The van der Waals surface area contributed by atoms with Crippen LogP contribution in [0.1, 0.15) is 30.5 Å². The molecule has 0 aliphatic carbocycles. The molecule has 0 atom stereocenters. The van der Waals surface area contributed by atoms with E-state index in [2.05, 4.69) is 62.2 Å². The maximum atomic E-state index is 4.71. The van der Waals surface area contributed by atoms with Crippen LogP contribution in [0.25, 0.3) is 38.8 Å². The van der Waals surface area contributed by atoms with Crippen molar-refractivity contribution in [1.29, 1.82) is 0 Å². The molecule has 0 bridgehead atoms. The van der Waals surface area contributed by atoms with E-state index in [4.69, 9.17) is 4.98 Å². The highest BCUT2D eigenvalue weighted by Crippen LogP contribution is 2.30. The van der Waals surface area contributed by atoms with Gasteiger partial charge in [-0.2, -0.15) is 0 Å². The van der Waals surface area contributed by atoms with Crippen LogP contribution in [-0.4, -0.2) is 45.0 Å². The molecule has 0 amide bonds. The van der Waals surface area contributed by atoms with Crippen LogP contribution in [0.4, 0.5) is 0 Å². The van der Waals surface area contributed by atoms with Crippen LogP contribution in [-0.2, 0) is 6.54 Å². The third kappa shape index (κ3) is 3.49. The summed E-state index contributed by atoms with van der Waals surface area (Å²) >= 11 is 0. The highest BCUT2D eigenvalue weighted by molar-refractivity contribution is 6.07. The molecule has 5 heterocycles. The smallest absolute Gasteiger partial charge is 0.138 e. The van der Waals surface area contributed by atoms with Gasteiger partial charge in [0.2, 0.25) is 0 Å². The lowest BCUT2D eigenvalue weighted by molar-refractivity contribution is 0.221. The van der Waals surface area contributed by atoms with E-state index in [0.717, 1.165) is 45.4 Å². The van der Waals surface area contributed by atoms with Gasteiger partial charge in [-0.25, -0.2) is 4.98 Å². The highest BCUT2D eigenvalue weighted by Gasteiger charge is 2.16. The lowest BCUT2D eigenvalue weighted by Gasteiger charge is -2.26. The third-order valence-electron chi connectivity index (χ3n) is 6.54. The van der Waals surface area contributed by atoms with Gasteiger partial charge < -0.3 is 10.4 Å². The second kappa shape index (κ2) is 7.93. The minimum Gasteiger partial charge on any atom is -0.338 e. The molecule has 32 heavy (non-hydrogen) atoms. The lowest BCUT2D eigenvalue weighted by Crippen LogP contribution is -2.33. The molecule has 2 aliphatic rings. The number of hydrogen-bond donors (Lipinski definition) is 3.